The summed E-state index contributed by atoms with van der Waals surface area (Å²) in [6, 6.07) is 4.13. The molecule has 1 aromatic rings. The zero-order chi connectivity index (χ0) is 11.0. The minimum absolute atomic E-state index is 0.0756. The second-order valence-electron chi connectivity index (χ2n) is 4.17. The maximum absolute atomic E-state index is 11.5. The van der Waals surface area contributed by atoms with E-state index in [0.29, 0.717) is 13.0 Å². The Morgan fingerprint density at radius 1 is 1.40 bits per heavy atom. The number of benzene rings is 1. The maximum Gasteiger partial charge on any atom is 0.225 e. The highest BCUT2D eigenvalue weighted by Gasteiger charge is 2.26. The van der Waals surface area contributed by atoms with Crippen molar-refractivity contribution >= 4 is 11.6 Å². The summed E-state index contributed by atoms with van der Waals surface area (Å²) in [6.45, 7) is 4.61. The third-order valence-corrected chi connectivity index (χ3v) is 3.06. The first-order chi connectivity index (χ1) is 7.13. The highest BCUT2D eigenvalue weighted by Crippen LogP contribution is 2.36. The van der Waals surface area contributed by atoms with Gasteiger partial charge in [0, 0.05) is 18.0 Å². The molecule has 3 heteroatoms. The van der Waals surface area contributed by atoms with Crippen LogP contribution in [0.25, 0.3) is 0 Å². The summed E-state index contributed by atoms with van der Waals surface area (Å²) in [5.41, 5.74) is 10.2. The Morgan fingerprint density at radius 2 is 2.07 bits per heavy atom. The van der Waals surface area contributed by atoms with E-state index in [2.05, 4.69) is 18.3 Å². The van der Waals surface area contributed by atoms with Crippen molar-refractivity contribution < 1.29 is 4.79 Å². The lowest BCUT2D eigenvalue weighted by Gasteiger charge is -2.27. The van der Waals surface area contributed by atoms with Crippen LogP contribution in [0, 0.1) is 13.8 Å². The summed E-state index contributed by atoms with van der Waals surface area (Å²) in [6.07, 6.45) is 0.508. The standard InChI is InChI=1S/C12H16N2O/c1-7-3-4-8(2)12-11(7)9(6-13)5-10(15)14-12/h3-4,9H,5-6,13H2,1-2H3,(H,14,15). The molecular weight excluding hydrogens is 188 g/mol. The molecule has 0 saturated heterocycles. The van der Waals surface area contributed by atoms with Crippen molar-refractivity contribution in [1.82, 2.24) is 0 Å². The molecule has 1 heterocycles. The van der Waals surface area contributed by atoms with Gasteiger partial charge in [-0.3, -0.25) is 4.79 Å². The van der Waals surface area contributed by atoms with Gasteiger partial charge in [-0.15, -0.1) is 0 Å². The van der Waals surface area contributed by atoms with Crippen LogP contribution in [0.1, 0.15) is 29.0 Å². The van der Waals surface area contributed by atoms with Gasteiger partial charge in [-0.25, -0.2) is 0 Å². The fourth-order valence-corrected chi connectivity index (χ4v) is 2.24. The largest absolute Gasteiger partial charge is 0.330 e. The number of hydrogen-bond acceptors (Lipinski definition) is 2. The minimum atomic E-state index is 0.0756. The minimum Gasteiger partial charge on any atom is -0.330 e. The van der Waals surface area contributed by atoms with E-state index in [1.54, 1.807) is 0 Å². The molecule has 80 valence electrons. The number of carbonyl (C=O) groups is 1. The fraction of sp³-hybridized carbons (Fsp3) is 0.417. The van der Waals surface area contributed by atoms with Gasteiger partial charge in [-0.1, -0.05) is 12.1 Å². The molecule has 0 aromatic heterocycles. The molecule has 1 aromatic carbocycles. The van der Waals surface area contributed by atoms with Gasteiger partial charge in [-0.2, -0.15) is 0 Å². The highest BCUT2D eigenvalue weighted by atomic mass is 16.1. The summed E-state index contributed by atoms with van der Waals surface area (Å²) < 4.78 is 0. The van der Waals surface area contributed by atoms with Crippen LogP contribution >= 0.6 is 0 Å². The first-order valence-electron chi connectivity index (χ1n) is 5.23. The molecule has 0 fully saturated rings. The lowest BCUT2D eigenvalue weighted by molar-refractivity contribution is -0.116. The van der Waals surface area contributed by atoms with E-state index in [9.17, 15) is 4.79 Å². The molecule has 0 radical (unpaired) electrons. The Labute approximate surface area is 89.7 Å². The molecule has 3 nitrogen and oxygen atoms in total. The predicted octanol–water partition coefficient (Wildman–Crippen LogP) is 1.69. The SMILES string of the molecule is Cc1ccc(C)c2c1NC(=O)CC2CN. The molecular formula is C12H16N2O. The van der Waals surface area contributed by atoms with Crippen LogP contribution in [0.2, 0.25) is 0 Å². The van der Waals surface area contributed by atoms with Gasteiger partial charge in [0.2, 0.25) is 5.91 Å². The quantitative estimate of drug-likeness (QED) is 0.731. The van der Waals surface area contributed by atoms with Crippen molar-refractivity contribution in [3.63, 3.8) is 0 Å². The smallest absolute Gasteiger partial charge is 0.225 e. The van der Waals surface area contributed by atoms with Crippen LogP contribution in [-0.2, 0) is 4.79 Å². The monoisotopic (exact) mass is 204 g/mol. The number of nitrogens with two attached hydrogens (primary N) is 1. The normalized spacial score (nSPS) is 19.7. The van der Waals surface area contributed by atoms with E-state index in [0.717, 1.165) is 11.3 Å². The molecule has 1 aliphatic rings. The number of rotatable bonds is 1. The third-order valence-electron chi connectivity index (χ3n) is 3.06. The Morgan fingerprint density at radius 3 is 2.73 bits per heavy atom. The summed E-state index contributed by atoms with van der Waals surface area (Å²) in [5, 5.41) is 2.94. The molecule has 1 atom stereocenters. The Hall–Kier alpha value is -1.35. The lowest BCUT2D eigenvalue weighted by atomic mass is 9.86. The lowest BCUT2D eigenvalue weighted by Crippen LogP contribution is -2.28. The second kappa shape index (κ2) is 3.66. The Kier molecular flexibility index (Phi) is 2.49. The number of aryl methyl sites for hydroxylation is 2. The van der Waals surface area contributed by atoms with Crippen molar-refractivity contribution in [2.24, 2.45) is 5.73 Å². The number of anilines is 1. The number of nitrogens with one attached hydrogen (secondary N) is 1. The van der Waals surface area contributed by atoms with Gasteiger partial charge in [0.1, 0.15) is 0 Å². The molecule has 0 saturated carbocycles. The van der Waals surface area contributed by atoms with Crippen LogP contribution in [0.3, 0.4) is 0 Å². The summed E-state index contributed by atoms with van der Waals surface area (Å²) >= 11 is 0. The molecule has 3 N–H and O–H groups in total. The Bertz CT molecular complexity index is 412. The van der Waals surface area contributed by atoms with Crippen molar-refractivity contribution in [1.29, 1.82) is 0 Å². The van der Waals surface area contributed by atoms with E-state index in [-0.39, 0.29) is 11.8 Å². The van der Waals surface area contributed by atoms with Crippen molar-refractivity contribution in [3.8, 4) is 0 Å². The number of fused-ring (bicyclic) bond motifs is 1. The van der Waals surface area contributed by atoms with Crippen molar-refractivity contribution in [2.45, 2.75) is 26.2 Å². The first-order valence-corrected chi connectivity index (χ1v) is 5.23. The van der Waals surface area contributed by atoms with Crippen molar-refractivity contribution in [3.05, 3.63) is 28.8 Å². The van der Waals surface area contributed by atoms with Gasteiger partial charge < -0.3 is 11.1 Å². The van der Waals surface area contributed by atoms with Gasteiger partial charge in [0.15, 0.2) is 0 Å². The van der Waals surface area contributed by atoms with E-state index >= 15 is 0 Å². The third kappa shape index (κ3) is 1.63. The number of hydrogen-bond donors (Lipinski definition) is 2. The van der Waals surface area contributed by atoms with E-state index in [1.165, 1.54) is 11.1 Å². The zero-order valence-corrected chi connectivity index (χ0v) is 9.13. The molecule has 0 bridgehead atoms. The van der Waals surface area contributed by atoms with Crippen LogP contribution in [0.5, 0.6) is 0 Å². The molecule has 2 rings (SSSR count). The average Bonchev–Trinajstić information content (AvgIpc) is 2.22. The van der Waals surface area contributed by atoms with Gasteiger partial charge in [-0.05, 0) is 37.1 Å². The predicted molar refractivity (Wildman–Crippen MR) is 61.0 cm³/mol. The van der Waals surface area contributed by atoms with Crippen LogP contribution in [-0.4, -0.2) is 12.5 Å². The van der Waals surface area contributed by atoms with E-state index in [4.69, 9.17) is 5.73 Å². The topological polar surface area (TPSA) is 55.1 Å². The van der Waals surface area contributed by atoms with Crippen molar-refractivity contribution in [2.75, 3.05) is 11.9 Å². The molecule has 0 spiro atoms. The second-order valence-corrected chi connectivity index (χ2v) is 4.17. The molecule has 1 unspecified atom stereocenters. The van der Waals surface area contributed by atoms with Gasteiger partial charge in [0.05, 0.1) is 0 Å². The van der Waals surface area contributed by atoms with Gasteiger partial charge in [0.25, 0.3) is 0 Å². The first kappa shape index (κ1) is 10.2. The van der Waals surface area contributed by atoms with Crippen LogP contribution in [0.15, 0.2) is 12.1 Å². The Balaban J connectivity index is 2.59. The summed E-state index contributed by atoms with van der Waals surface area (Å²) in [5.74, 6) is 0.250. The molecule has 1 aliphatic heterocycles. The average molecular weight is 204 g/mol. The van der Waals surface area contributed by atoms with Crippen LogP contribution < -0.4 is 11.1 Å². The zero-order valence-electron chi connectivity index (χ0n) is 9.13. The van der Waals surface area contributed by atoms with Gasteiger partial charge >= 0.3 is 0 Å². The highest BCUT2D eigenvalue weighted by molar-refractivity contribution is 5.96. The van der Waals surface area contributed by atoms with E-state index in [1.807, 2.05) is 13.0 Å². The van der Waals surface area contributed by atoms with Crippen LogP contribution in [0.4, 0.5) is 5.69 Å². The molecule has 1 amide bonds. The summed E-state index contributed by atoms with van der Waals surface area (Å²) in [4.78, 5) is 11.5. The molecule has 0 aliphatic carbocycles. The summed E-state index contributed by atoms with van der Waals surface area (Å²) in [7, 11) is 0. The number of carbonyl (C=O) groups excluding carboxylic acids is 1. The fourth-order valence-electron chi connectivity index (χ4n) is 2.24. The van der Waals surface area contributed by atoms with E-state index < -0.39 is 0 Å². The molecule has 15 heavy (non-hydrogen) atoms. The maximum atomic E-state index is 11.5. The number of amides is 1.